The molecule has 0 radical (unpaired) electrons. The van der Waals surface area contributed by atoms with E-state index in [9.17, 15) is 19.5 Å². The molecule has 1 aliphatic heterocycles. The Hall–Kier alpha value is -2.99. The monoisotopic (exact) mass is 509 g/mol. The van der Waals surface area contributed by atoms with Crippen LogP contribution in [-0.2, 0) is 16.9 Å². The number of aliphatic hydroxyl groups is 1. The predicted molar refractivity (Wildman–Crippen MR) is 136 cm³/mol. The second kappa shape index (κ2) is 9.23. The number of nitrogens with zero attached hydrogens (tertiary/aromatic N) is 1. The third kappa shape index (κ3) is 4.64. The number of benzene rings is 3. The minimum Gasteiger partial charge on any atom is -0.390 e. The molecule has 0 bridgehead atoms. The lowest BCUT2D eigenvalue weighted by atomic mass is 9.75. The van der Waals surface area contributed by atoms with Crippen LogP contribution in [0.5, 0.6) is 0 Å². The molecule has 1 amide bonds. The predicted octanol–water partition coefficient (Wildman–Crippen LogP) is 5.83. The van der Waals surface area contributed by atoms with Gasteiger partial charge in [-0.05, 0) is 62.2 Å². The summed E-state index contributed by atoms with van der Waals surface area (Å²) < 4.78 is 0. The summed E-state index contributed by atoms with van der Waals surface area (Å²) in [5.74, 6) is -0.905. The van der Waals surface area contributed by atoms with Gasteiger partial charge >= 0.3 is 0 Å². The van der Waals surface area contributed by atoms with Gasteiger partial charge in [0.25, 0.3) is 5.91 Å². The van der Waals surface area contributed by atoms with Gasteiger partial charge in [-0.2, -0.15) is 0 Å². The maximum Gasteiger partial charge on any atom is 0.255 e. The fourth-order valence-electron chi connectivity index (χ4n) is 4.65. The summed E-state index contributed by atoms with van der Waals surface area (Å²) in [4.78, 5) is 41.7. The van der Waals surface area contributed by atoms with E-state index in [-0.39, 0.29) is 36.0 Å². The Morgan fingerprint density at radius 2 is 1.51 bits per heavy atom. The number of halogens is 2. The van der Waals surface area contributed by atoms with Crippen LogP contribution in [0, 0.1) is 0 Å². The van der Waals surface area contributed by atoms with Gasteiger partial charge in [-0.3, -0.25) is 14.4 Å². The summed E-state index contributed by atoms with van der Waals surface area (Å²) in [5, 5.41) is 11.6. The van der Waals surface area contributed by atoms with Crippen LogP contribution in [0.1, 0.15) is 64.6 Å². The maximum absolute atomic E-state index is 14.2. The van der Waals surface area contributed by atoms with Gasteiger partial charge < -0.3 is 10.0 Å². The third-order valence-corrected chi connectivity index (χ3v) is 6.71. The molecule has 180 valence electrons. The quantitative estimate of drug-likeness (QED) is 0.406. The van der Waals surface area contributed by atoms with Crippen LogP contribution in [-0.4, -0.2) is 33.1 Å². The number of hydrogen-bond acceptors (Lipinski definition) is 4. The molecule has 1 heterocycles. The molecule has 35 heavy (non-hydrogen) atoms. The van der Waals surface area contributed by atoms with Crippen LogP contribution in [0.15, 0.2) is 66.7 Å². The fraction of sp³-hybridized carbons (Fsp3) is 0.250. The number of Topliss-reactive ketones (excluding diaryl/α,β-unsaturated/α-hetero) is 2. The first-order valence-electron chi connectivity index (χ1n) is 11.2. The summed E-state index contributed by atoms with van der Waals surface area (Å²) in [6.07, 6.45) is -0.200. The number of carbonyl (C=O) groups excluding carboxylic acids is 3. The van der Waals surface area contributed by atoms with E-state index in [1.165, 1.54) is 11.8 Å². The highest BCUT2D eigenvalue weighted by Gasteiger charge is 2.56. The lowest BCUT2D eigenvalue weighted by molar-refractivity contribution is -0.132. The zero-order valence-electron chi connectivity index (χ0n) is 19.6. The second-order valence-corrected chi connectivity index (χ2v) is 10.3. The number of ketones is 2. The summed E-state index contributed by atoms with van der Waals surface area (Å²) in [7, 11) is 0. The van der Waals surface area contributed by atoms with E-state index in [4.69, 9.17) is 23.2 Å². The average Bonchev–Trinajstić information content (AvgIpc) is 3.03. The van der Waals surface area contributed by atoms with Crippen LogP contribution in [0.3, 0.4) is 0 Å². The summed E-state index contributed by atoms with van der Waals surface area (Å²) in [5.41, 5.74) is -0.377. The van der Waals surface area contributed by atoms with Crippen LogP contribution >= 0.6 is 23.2 Å². The fourth-order valence-corrected chi connectivity index (χ4v) is 4.90. The van der Waals surface area contributed by atoms with Gasteiger partial charge in [0.15, 0.2) is 17.1 Å². The highest BCUT2D eigenvalue weighted by molar-refractivity contribution is 6.30. The highest BCUT2D eigenvalue weighted by Crippen LogP contribution is 2.47. The molecule has 0 spiro atoms. The van der Waals surface area contributed by atoms with Gasteiger partial charge in [-0.25, -0.2) is 0 Å². The second-order valence-electron chi connectivity index (χ2n) is 9.46. The van der Waals surface area contributed by atoms with Gasteiger partial charge in [0.05, 0.1) is 5.60 Å². The smallest absolute Gasteiger partial charge is 0.255 e. The molecule has 0 saturated carbocycles. The van der Waals surface area contributed by atoms with Gasteiger partial charge in [-0.15, -0.1) is 0 Å². The first kappa shape index (κ1) is 25.1. The van der Waals surface area contributed by atoms with E-state index in [0.29, 0.717) is 26.7 Å². The first-order valence-corrected chi connectivity index (χ1v) is 11.9. The summed E-state index contributed by atoms with van der Waals surface area (Å²) in [6.45, 7) is 4.65. The molecule has 0 fully saturated rings. The van der Waals surface area contributed by atoms with Gasteiger partial charge in [-0.1, -0.05) is 59.6 Å². The molecule has 1 atom stereocenters. The van der Waals surface area contributed by atoms with Gasteiger partial charge in [0.2, 0.25) is 0 Å². The van der Waals surface area contributed by atoms with E-state index < -0.39 is 11.1 Å². The van der Waals surface area contributed by atoms with Gasteiger partial charge in [0, 0.05) is 39.7 Å². The lowest BCUT2D eigenvalue weighted by Crippen LogP contribution is -2.51. The Morgan fingerprint density at radius 3 is 2.06 bits per heavy atom. The van der Waals surface area contributed by atoms with Crippen molar-refractivity contribution in [2.45, 2.75) is 44.9 Å². The highest BCUT2D eigenvalue weighted by atomic mass is 35.5. The molecule has 1 aliphatic rings. The van der Waals surface area contributed by atoms with Crippen LogP contribution in [0.25, 0.3) is 0 Å². The molecule has 1 unspecified atom stereocenters. The van der Waals surface area contributed by atoms with E-state index in [2.05, 4.69) is 0 Å². The van der Waals surface area contributed by atoms with Crippen molar-refractivity contribution in [2.24, 2.45) is 0 Å². The van der Waals surface area contributed by atoms with Gasteiger partial charge in [0.1, 0.15) is 0 Å². The molecule has 7 heteroatoms. The Kier molecular flexibility index (Phi) is 6.62. The number of carbonyl (C=O) groups is 3. The molecule has 0 aromatic heterocycles. The van der Waals surface area contributed by atoms with Crippen molar-refractivity contribution in [1.29, 1.82) is 0 Å². The zero-order valence-corrected chi connectivity index (χ0v) is 21.2. The minimum atomic E-state index is -1.52. The number of fused-ring (bicyclic) bond motifs is 1. The lowest BCUT2D eigenvalue weighted by Gasteiger charge is -2.40. The van der Waals surface area contributed by atoms with E-state index in [1.54, 1.807) is 80.6 Å². The molecule has 5 nitrogen and oxygen atoms in total. The largest absolute Gasteiger partial charge is 0.390 e. The zero-order chi connectivity index (χ0) is 25.5. The standard InChI is InChI=1S/C28H25Cl2NO4/c1-17(32)19-6-13-24-23(14-19)26(34)31(16-18-4-9-21(29)10-5-18)28(24,25(33)15-27(2,3)35)20-7-11-22(30)12-8-20/h4-14,35H,15-16H2,1-3H3. The number of amides is 1. The van der Waals surface area contributed by atoms with Crippen molar-refractivity contribution in [2.75, 3.05) is 0 Å². The summed E-state index contributed by atoms with van der Waals surface area (Å²) in [6, 6.07) is 18.7. The van der Waals surface area contributed by atoms with Crippen molar-refractivity contribution in [3.63, 3.8) is 0 Å². The van der Waals surface area contributed by atoms with Crippen LogP contribution in [0.4, 0.5) is 0 Å². The molecule has 0 saturated heterocycles. The Morgan fingerprint density at radius 1 is 0.943 bits per heavy atom. The normalized spacial score (nSPS) is 17.4. The number of rotatable bonds is 7. The SMILES string of the molecule is CC(=O)c1ccc2c(c1)C(=O)N(Cc1ccc(Cl)cc1)C2(C(=O)CC(C)(C)O)c1ccc(Cl)cc1. The topological polar surface area (TPSA) is 74.7 Å². The Bertz CT molecular complexity index is 1310. The molecule has 3 aromatic carbocycles. The van der Waals surface area contributed by atoms with Crippen LogP contribution in [0.2, 0.25) is 10.0 Å². The molecular weight excluding hydrogens is 485 g/mol. The van der Waals surface area contributed by atoms with Crippen LogP contribution < -0.4 is 0 Å². The minimum absolute atomic E-state index is 0.111. The van der Waals surface area contributed by atoms with Crippen molar-refractivity contribution in [3.8, 4) is 0 Å². The average molecular weight is 510 g/mol. The maximum atomic E-state index is 14.2. The molecular formula is C28H25Cl2NO4. The van der Waals surface area contributed by atoms with Crippen molar-refractivity contribution in [3.05, 3.63) is 105 Å². The molecule has 0 aliphatic carbocycles. The Balaban J connectivity index is 2.01. The van der Waals surface area contributed by atoms with E-state index >= 15 is 0 Å². The summed E-state index contributed by atoms with van der Waals surface area (Å²) >= 11 is 12.2. The molecule has 4 rings (SSSR count). The number of hydrogen-bond donors (Lipinski definition) is 1. The third-order valence-electron chi connectivity index (χ3n) is 6.21. The van der Waals surface area contributed by atoms with E-state index in [1.807, 2.05) is 0 Å². The van der Waals surface area contributed by atoms with Crippen molar-refractivity contribution >= 4 is 40.7 Å². The van der Waals surface area contributed by atoms with E-state index in [0.717, 1.165) is 5.56 Å². The van der Waals surface area contributed by atoms with Crippen molar-refractivity contribution in [1.82, 2.24) is 4.90 Å². The Labute approximate surface area is 214 Å². The first-order chi connectivity index (χ1) is 16.4. The van der Waals surface area contributed by atoms with Crippen molar-refractivity contribution < 1.29 is 19.5 Å². The molecule has 3 aromatic rings. The molecule has 1 N–H and O–H groups in total.